The summed E-state index contributed by atoms with van der Waals surface area (Å²) in [5.41, 5.74) is 0.832. The van der Waals surface area contributed by atoms with Crippen molar-refractivity contribution < 1.29 is 24.0 Å². The van der Waals surface area contributed by atoms with Crippen molar-refractivity contribution in [3.8, 4) is 11.5 Å². The summed E-state index contributed by atoms with van der Waals surface area (Å²) < 4.78 is 11.1. The number of hydrogen-bond donors (Lipinski definition) is 2. The number of nitro groups is 1. The van der Waals surface area contributed by atoms with Crippen LogP contribution in [0, 0.1) is 10.1 Å². The molecule has 0 aliphatic carbocycles. The van der Waals surface area contributed by atoms with Gasteiger partial charge in [0.25, 0.3) is 11.6 Å². The average Bonchev–Trinajstić information content (AvgIpc) is 3.45. The van der Waals surface area contributed by atoms with Gasteiger partial charge in [0.2, 0.25) is 17.8 Å². The van der Waals surface area contributed by atoms with Gasteiger partial charge in [0.05, 0.1) is 10.7 Å². The Hall–Kier alpha value is -3.71. The van der Waals surface area contributed by atoms with E-state index in [4.69, 9.17) is 9.47 Å². The Morgan fingerprint density at radius 1 is 1.16 bits per heavy atom. The number of non-ortho nitro benzene ring substituents is 1. The zero-order chi connectivity index (χ0) is 22.5. The minimum atomic E-state index is -0.575. The molecule has 164 valence electrons. The summed E-state index contributed by atoms with van der Waals surface area (Å²) in [4.78, 5) is 34.7. The molecule has 0 saturated carbocycles. The maximum Gasteiger partial charge on any atom is 0.270 e. The van der Waals surface area contributed by atoms with Gasteiger partial charge in [-0.15, -0.1) is 10.2 Å². The predicted molar refractivity (Wildman–Crippen MR) is 116 cm³/mol. The number of hydrogen-bond acceptors (Lipinski definition) is 10. The van der Waals surface area contributed by atoms with E-state index in [1.54, 1.807) is 6.07 Å². The number of anilines is 1. The Labute approximate surface area is 189 Å². The third-order valence-corrected chi connectivity index (χ3v) is 6.17. The van der Waals surface area contributed by atoms with Gasteiger partial charge in [0, 0.05) is 24.2 Å². The third kappa shape index (κ3) is 5.31. The number of amides is 2. The van der Waals surface area contributed by atoms with E-state index in [0.29, 0.717) is 22.4 Å². The molecule has 11 nitrogen and oxygen atoms in total. The van der Waals surface area contributed by atoms with Crippen LogP contribution < -0.4 is 20.1 Å². The summed E-state index contributed by atoms with van der Waals surface area (Å²) in [7, 11) is 0. The lowest BCUT2D eigenvalue weighted by atomic mass is 10.2. The van der Waals surface area contributed by atoms with Gasteiger partial charge in [-0.3, -0.25) is 25.0 Å². The van der Waals surface area contributed by atoms with Crippen LogP contribution in [0.25, 0.3) is 0 Å². The summed E-state index contributed by atoms with van der Waals surface area (Å²) in [6.45, 7) is 0.536. The normalized spacial score (nSPS) is 11.8. The van der Waals surface area contributed by atoms with E-state index in [2.05, 4.69) is 20.8 Å². The summed E-state index contributed by atoms with van der Waals surface area (Å²) in [6, 6.07) is 10.8. The molecule has 0 fully saturated rings. The van der Waals surface area contributed by atoms with Crippen LogP contribution in [-0.2, 0) is 11.3 Å². The van der Waals surface area contributed by atoms with Crippen molar-refractivity contribution in [2.45, 2.75) is 10.9 Å². The first-order valence-corrected chi connectivity index (χ1v) is 11.0. The molecule has 0 atom stereocenters. The molecule has 0 radical (unpaired) electrons. The monoisotopic (exact) mass is 473 g/mol. The lowest BCUT2D eigenvalue weighted by Gasteiger charge is -2.05. The van der Waals surface area contributed by atoms with Crippen molar-refractivity contribution >= 4 is 45.7 Å². The SMILES string of the molecule is O=C(CSc1nnc(NC(=O)c2cccc([N+](=O)[O-])c2)s1)NCc1ccc2c(c1)OCO2. The highest BCUT2D eigenvalue weighted by Crippen LogP contribution is 2.32. The van der Waals surface area contributed by atoms with Crippen LogP contribution >= 0.6 is 23.1 Å². The van der Waals surface area contributed by atoms with Crippen molar-refractivity contribution in [3.05, 3.63) is 63.7 Å². The van der Waals surface area contributed by atoms with E-state index in [-0.39, 0.29) is 34.8 Å². The number of fused-ring (bicyclic) bond motifs is 1. The second-order valence-electron chi connectivity index (χ2n) is 6.39. The number of nitrogens with one attached hydrogen (secondary N) is 2. The lowest BCUT2D eigenvalue weighted by Crippen LogP contribution is -2.24. The molecular weight excluding hydrogens is 458 g/mol. The largest absolute Gasteiger partial charge is 0.454 e. The van der Waals surface area contributed by atoms with E-state index >= 15 is 0 Å². The smallest absolute Gasteiger partial charge is 0.270 e. The average molecular weight is 473 g/mol. The fourth-order valence-corrected chi connectivity index (χ4v) is 4.26. The molecule has 13 heteroatoms. The first-order chi connectivity index (χ1) is 15.5. The maximum atomic E-state index is 12.3. The van der Waals surface area contributed by atoms with Crippen LogP contribution in [0.5, 0.6) is 11.5 Å². The topological polar surface area (TPSA) is 146 Å². The molecule has 3 aromatic rings. The summed E-state index contributed by atoms with van der Waals surface area (Å²) >= 11 is 2.28. The highest BCUT2D eigenvalue weighted by Gasteiger charge is 2.16. The molecule has 0 spiro atoms. The molecule has 2 N–H and O–H groups in total. The highest BCUT2D eigenvalue weighted by molar-refractivity contribution is 8.01. The number of thioether (sulfide) groups is 1. The molecule has 0 bridgehead atoms. The first kappa shape index (κ1) is 21.5. The zero-order valence-electron chi connectivity index (χ0n) is 16.3. The Bertz CT molecular complexity index is 1180. The zero-order valence-corrected chi connectivity index (χ0v) is 17.9. The molecule has 4 rings (SSSR count). The number of rotatable bonds is 8. The number of ether oxygens (including phenoxy) is 2. The van der Waals surface area contributed by atoms with E-state index in [1.165, 1.54) is 36.0 Å². The van der Waals surface area contributed by atoms with E-state index < -0.39 is 10.8 Å². The van der Waals surface area contributed by atoms with E-state index in [9.17, 15) is 19.7 Å². The fraction of sp³-hybridized carbons (Fsp3) is 0.158. The van der Waals surface area contributed by atoms with Crippen LogP contribution in [0.4, 0.5) is 10.8 Å². The van der Waals surface area contributed by atoms with Crippen LogP contribution in [0.2, 0.25) is 0 Å². The molecule has 0 unspecified atom stereocenters. The van der Waals surface area contributed by atoms with Gasteiger partial charge in [-0.25, -0.2) is 0 Å². The summed E-state index contributed by atoms with van der Waals surface area (Å²) in [5, 5.41) is 24.2. The van der Waals surface area contributed by atoms with Crippen LogP contribution in [0.15, 0.2) is 46.8 Å². The Morgan fingerprint density at radius 3 is 2.84 bits per heavy atom. The second-order valence-corrected chi connectivity index (χ2v) is 8.59. The molecule has 2 heterocycles. The molecule has 2 amide bonds. The number of nitro benzene ring substituents is 1. The van der Waals surface area contributed by atoms with Crippen LogP contribution in [0.3, 0.4) is 0 Å². The quantitative estimate of drug-likeness (QED) is 0.218. The van der Waals surface area contributed by atoms with E-state index in [0.717, 1.165) is 16.9 Å². The lowest BCUT2D eigenvalue weighted by molar-refractivity contribution is -0.384. The summed E-state index contributed by atoms with van der Waals surface area (Å²) in [6.07, 6.45) is 0. The Kier molecular flexibility index (Phi) is 6.47. The van der Waals surface area contributed by atoms with Crippen LogP contribution in [0.1, 0.15) is 15.9 Å². The van der Waals surface area contributed by atoms with Crippen molar-refractivity contribution in [1.82, 2.24) is 15.5 Å². The van der Waals surface area contributed by atoms with Gasteiger partial charge >= 0.3 is 0 Å². The van der Waals surface area contributed by atoms with Crippen LogP contribution in [-0.4, -0.2) is 39.5 Å². The highest BCUT2D eigenvalue weighted by atomic mass is 32.2. The molecule has 2 aromatic carbocycles. The van der Waals surface area contributed by atoms with Crippen molar-refractivity contribution in [1.29, 1.82) is 0 Å². The fourth-order valence-electron chi connectivity index (χ4n) is 2.68. The number of aromatic nitrogens is 2. The van der Waals surface area contributed by atoms with Gasteiger partial charge < -0.3 is 14.8 Å². The van der Waals surface area contributed by atoms with Gasteiger partial charge in [0.15, 0.2) is 15.8 Å². The molecule has 1 aliphatic heterocycles. The van der Waals surface area contributed by atoms with Gasteiger partial charge in [-0.05, 0) is 23.8 Å². The minimum Gasteiger partial charge on any atom is -0.454 e. The third-order valence-electron chi connectivity index (χ3n) is 4.20. The van der Waals surface area contributed by atoms with Gasteiger partial charge in [-0.1, -0.05) is 35.2 Å². The molecule has 1 aromatic heterocycles. The number of benzene rings is 2. The number of carbonyl (C=O) groups is 2. The van der Waals surface area contributed by atoms with Crippen molar-refractivity contribution in [2.24, 2.45) is 0 Å². The standard InChI is InChI=1S/C19H15N5O6S2/c25-16(20-8-11-4-5-14-15(6-11)30-10-29-14)9-31-19-23-22-18(32-19)21-17(26)12-2-1-3-13(7-12)24(27)28/h1-7H,8-10H2,(H,20,25)(H,21,22,26). The molecule has 0 saturated heterocycles. The van der Waals surface area contributed by atoms with Crippen molar-refractivity contribution in [2.75, 3.05) is 17.9 Å². The van der Waals surface area contributed by atoms with Crippen molar-refractivity contribution in [3.63, 3.8) is 0 Å². The summed E-state index contributed by atoms with van der Waals surface area (Å²) in [5.74, 6) is 0.728. The maximum absolute atomic E-state index is 12.3. The number of carbonyl (C=O) groups excluding carboxylic acids is 2. The first-order valence-electron chi connectivity index (χ1n) is 9.15. The Balaban J connectivity index is 1.25. The second kappa shape index (κ2) is 9.62. The molecular formula is C19H15N5O6S2. The predicted octanol–water partition coefficient (Wildman–Crippen LogP) is 2.84. The van der Waals surface area contributed by atoms with Gasteiger partial charge in [-0.2, -0.15) is 0 Å². The van der Waals surface area contributed by atoms with E-state index in [1.807, 2.05) is 12.1 Å². The molecule has 1 aliphatic rings. The minimum absolute atomic E-state index is 0.123. The molecule has 32 heavy (non-hydrogen) atoms. The number of nitrogens with zero attached hydrogens (tertiary/aromatic N) is 3. The Morgan fingerprint density at radius 2 is 2.00 bits per heavy atom. The van der Waals surface area contributed by atoms with Gasteiger partial charge in [0.1, 0.15) is 0 Å².